The number of benzene rings is 2. The molecule has 9 unspecified atom stereocenters. The zero-order valence-corrected chi connectivity index (χ0v) is 32.2. The third-order valence-corrected chi connectivity index (χ3v) is 14.8. The molecule has 9 heteroatoms. The van der Waals surface area contributed by atoms with Crippen molar-refractivity contribution < 1.29 is 34.4 Å². The second-order valence-corrected chi connectivity index (χ2v) is 17.7. The van der Waals surface area contributed by atoms with Crippen LogP contribution in [0, 0.1) is 70.9 Å². The number of anilines is 1. The van der Waals surface area contributed by atoms with E-state index in [0.29, 0.717) is 61.0 Å². The zero-order chi connectivity index (χ0) is 38.7. The molecule has 0 bridgehead atoms. The maximum Gasteiger partial charge on any atom is 0.303 e. The number of nitrogens with zero attached hydrogens (tertiary/aromatic N) is 1. The quantitative estimate of drug-likeness (QED) is 0.117. The van der Waals surface area contributed by atoms with Gasteiger partial charge in [0, 0.05) is 18.4 Å². The van der Waals surface area contributed by atoms with Crippen molar-refractivity contribution in [2.24, 2.45) is 46.3 Å². The van der Waals surface area contributed by atoms with Crippen LogP contribution in [-0.2, 0) is 11.3 Å². The summed E-state index contributed by atoms with van der Waals surface area (Å²) in [6.45, 7) is 10.2. The summed E-state index contributed by atoms with van der Waals surface area (Å²) in [6.07, 6.45) is 4.11. The highest BCUT2D eigenvalue weighted by molar-refractivity contribution is 6.08. The predicted octanol–water partition coefficient (Wildman–Crippen LogP) is 7.68. The molecule has 7 rings (SSSR count). The first-order valence-electron chi connectivity index (χ1n) is 19.8. The van der Waals surface area contributed by atoms with E-state index in [1.807, 2.05) is 31.2 Å². The van der Waals surface area contributed by atoms with Crippen LogP contribution >= 0.6 is 0 Å². The molecule has 8 nitrogen and oxygen atoms in total. The van der Waals surface area contributed by atoms with Crippen molar-refractivity contribution in [2.45, 2.75) is 117 Å². The first kappa shape index (κ1) is 38.4. The van der Waals surface area contributed by atoms with Crippen molar-refractivity contribution in [3.05, 3.63) is 70.7 Å². The van der Waals surface area contributed by atoms with Crippen LogP contribution in [0.2, 0.25) is 0 Å². The third kappa shape index (κ3) is 6.62. The first-order valence-corrected chi connectivity index (χ1v) is 19.8. The van der Waals surface area contributed by atoms with Crippen molar-refractivity contribution in [1.29, 1.82) is 0 Å². The minimum atomic E-state index is -1.33. The van der Waals surface area contributed by atoms with E-state index in [0.717, 1.165) is 23.7 Å². The second kappa shape index (κ2) is 14.3. The highest BCUT2D eigenvalue weighted by Gasteiger charge is 2.66. The van der Waals surface area contributed by atoms with Gasteiger partial charge in [-0.05, 0) is 135 Å². The molecular weight excluding hydrogens is 684 g/mol. The molecule has 4 saturated carbocycles. The molecule has 1 heterocycles. The van der Waals surface area contributed by atoms with E-state index in [2.05, 4.69) is 42.9 Å². The molecule has 288 valence electrons. The summed E-state index contributed by atoms with van der Waals surface area (Å²) in [7, 11) is 0. The molecule has 11 atom stereocenters. The van der Waals surface area contributed by atoms with Gasteiger partial charge in [0.15, 0.2) is 5.78 Å². The van der Waals surface area contributed by atoms with Gasteiger partial charge >= 0.3 is 5.97 Å². The summed E-state index contributed by atoms with van der Waals surface area (Å²) < 4.78 is 15.5. The molecule has 0 spiro atoms. The standard InChI is InChI=1S/C45H55FN2O6/c1-25(10-15-39(52)53)32-13-14-33-41-34(22-38(51)44(32,33)5)43(4)18-19-45(54,23-30(43)21-37(41)50)17-16-29-12-11-28(20-35(29)46)24-47-42-31-8-6-7-9-36(31)48-26(2)40(42)27(3)49/h6-9,11-12,20,25,30,32-34,37-38,41,50-51,54H,10,13-15,18-19,21-24H2,1-5H3,(H,47,48)(H,52,53)/t25?,30?,32-,33?,34?,37?,38?,41?,43?,44?,45-/m1/s1. The number of fused-ring (bicyclic) bond motifs is 6. The van der Waals surface area contributed by atoms with Gasteiger partial charge in [0.05, 0.1) is 40.2 Å². The molecule has 4 fully saturated rings. The van der Waals surface area contributed by atoms with Crippen LogP contribution in [0.25, 0.3) is 10.9 Å². The molecule has 1 aromatic heterocycles. The van der Waals surface area contributed by atoms with E-state index in [4.69, 9.17) is 0 Å². The summed E-state index contributed by atoms with van der Waals surface area (Å²) in [4.78, 5) is 28.5. The fourth-order valence-corrected chi connectivity index (χ4v) is 11.9. The van der Waals surface area contributed by atoms with Crippen molar-refractivity contribution in [3.8, 4) is 11.8 Å². The Morgan fingerprint density at radius 3 is 2.56 bits per heavy atom. The average Bonchev–Trinajstić information content (AvgIpc) is 3.48. The van der Waals surface area contributed by atoms with Crippen LogP contribution in [0.15, 0.2) is 42.5 Å². The number of pyridine rings is 1. The van der Waals surface area contributed by atoms with Crippen LogP contribution < -0.4 is 5.32 Å². The Bertz CT molecular complexity index is 2020. The number of carbonyl (C=O) groups excluding carboxylic acids is 1. The molecule has 4 aliphatic carbocycles. The number of hydrogen-bond acceptors (Lipinski definition) is 7. The van der Waals surface area contributed by atoms with Gasteiger partial charge in [-0.15, -0.1) is 0 Å². The number of carboxylic acids is 1. The number of Topliss-reactive ketones (excluding diaryl/α,β-unsaturated/α-hetero) is 1. The maximum absolute atomic E-state index is 15.5. The molecule has 0 amide bonds. The molecular formula is C45H55FN2O6. The van der Waals surface area contributed by atoms with Gasteiger partial charge in [0.25, 0.3) is 0 Å². The molecule has 54 heavy (non-hydrogen) atoms. The molecule has 3 aromatic rings. The summed E-state index contributed by atoms with van der Waals surface area (Å²) >= 11 is 0. The summed E-state index contributed by atoms with van der Waals surface area (Å²) in [5.41, 5.74) is 1.58. The van der Waals surface area contributed by atoms with Crippen molar-refractivity contribution in [3.63, 3.8) is 0 Å². The molecule has 4 aliphatic rings. The third-order valence-electron chi connectivity index (χ3n) is 14.8. The normalized spacial score (nSPS) is 34.9. The summed E-state index contributed by atoms with van der Waals surface area (Å²) in [6, 6.07) is 12.5. The van der Waals surface area contributed by atoms with Crippen LogP contribution in [-0.4, -0.2) is 55.0 Å². The second-order valence-electron chi connectivity index (χ2n) is 17.7. The number of hydrogen-bond donors (Lipinski definition) is 5. The number of para-hydroxylation sites is 1. The number of carbonyl (C=O) groups is 2. The average molecular weight is 739 g/mol. The largest absolute Gasteiger partial charge is 0.481 e. The number of carboxylic acid groups (broad SMARTS) is 1. The van der Waals surface area contributed by atoms with E-state index in [-0.39, 0.29) is 70.6 Å². The molecule has 5 N–H and O–H groups in total. The Balaban J connectivity index is 1.05. The minimum Gasteiger partial charge on any atom is -0.481 e. The topological polar surface area (TPSA) is 140 Å². The number of aliphatic carboxylic acids is 1. The number of nitrogens with one attached hydrogen (secondary N) is 1. The van der Waals surface area contributed by atoms with Crippen molar-refractivity contribution in [2.75, 3.05) is 5.32 Å². The lowest BCUT2D eigenvalue weighted by molar-refractivity contribution is -0.211. The zero-order valence-electron chi connectivity index (χ0n) is 32.2. The Morgan fingerprint density at radius 1 is 1.07 bits per heavy atom. The van der Waals surface area contributed by atoms with Crippen LogP contribution in [0.1, 0.15) is 113 Å². The minimum absolute atomic E-state index is 0.00357. The smallest absolute Gasteiger partial charge is 0.303 e. The predicted molar refractivity (Wildman–Crippen MR) is 206 cm³/mol. The van der Waals surface area contributed by atoms with Gasteiger partial charge in [-0.25, -0.2) is 4.39 Å². The van der Waals surface area contributed by atoms with E-state index in [1.54, 1.807) is 12.1 Å². The summed E-state index contributed by atoms with van der Waals surface area (Å²) in [5, 5.41) is 49.0. The van der Waals surface area contributed by atoms with Gasteiger partial charge in [-0.1, -0.05) is 56.9 Å². The number of aliphatic hydroxyl groups excluding tert-OH is 2. The molecule has 0 radical (unpaired) electrons. The van der Waals surface area contributed by atoms with Gasteiger partial charge in [-0.3, -0.25) is 14.6 Å². The Kier molecular flexibility index (Phi) is 10.2. The fraction of sp³-hybridized carbons (Fsp3) is 0.578. The highest BCUT2D eigenvalue weighted by atomic mass is 19.1. The summed E-state index contributed by atoms with van der Waals surface area (Å²) in [5.74, 6) is 5.28. The van der Waals surface area contributed by atoms with Gasteiger partial charge in [0.1, 0.15) is 11.4 Å². The number of rotatable bonds is 8. The first-order chi connectivity index (χ1) is 25.6. The number of ketones is 1. The van der Waals surface area contributed by atoms with E-state index < -0.39 is 29.6 Å². The Hall–Kier alpha value is -3.84. The van der Waals surface area contributed by atoms with Gasteiger partial charge in [-0.2, -0.15) is 0 Å². The highest BCUT2D eigenvalue weighted by Crippen LogP contribution is 2.69. The lowest BCUT2D eigenvalue weighted by Gasteiger charge is -2.64. The SMILES string of the molecule is CC(=O)c1c(C)nc2ccccc2c1NCc1ccc(C#C[C@@]2(O)CCC3(C)C(CC(O)C4C3CC(O)C3(C)C4CC[C@@H]3C(C)CCC(=O)O)C2)c(F)c1. The van der Waals surface area contributed by atoms with E-state index in [9.17, 15) is 30.0 Å². The monoisotopic (exact) mass is 738 g/mol. The molecule has 0 saturated heterocycles. The van der Waals surface area contributed by atoms with Crippen LogP contribution in [0.4, 0.5) is 10.1 Å². The number of aryl methyl sites for hydroxylation is 1. The van der Waals surface area contributed by atoms with Gasteiger partial charge in [0.2, 0.25) is 0 Å². The number of aromatic nitrogens is 1. The maximum atomic E-state index is 15.5. The van der Waals surface area contributed by atoms with Crippen LogP contribution in [0.5, 0.6) is 0 Å². The van der Waals surface area contributed by atoms with E-state index in [1.165, 1.54) is 13.0 Å². The molecule has 0 aliphatic heterocycles. The number of halogens is 1. The van der Waals surface area contributed by atoms with Crippen molar-refractivity contribution in [1.82, 2.24) is 4.98 Å². The van der Waals surface area contributed by atoms with E-state index >= 15 is 4.39 Å². The van der Waals surface area contributed by atoms with Gasteiger partial charge < -0.3 is 25.7 Å². The number of aliphatic hydroxyl groups is 3. The molecule has 2 aromatic carbocycles. The lowest BCUT2D eigenvalue weighted by Crippen LogP contribution is -2.63. The lowest BCUT2D eigenvalue weighted by atomic mass is 9.42. The Labute approximate surface area is 318 Å². The van der Waals surface area contributed by atoms with Crippen LogP contribution in [0.3, 0.4) is 0 Å². The fourth-order valence-electron chi connectivity index (χ4n) is 11.9. The Morgan fingerprint density at radius 2 is 1.83 bits per heavy atom. The van der Waals surface area contributed by atoms with Crippen molar-refractivity contribution >= 4 is 28.3 Å².